The molecule has 0 heterocycles. The Kier molecular flexibility index (Phi) is 6.00. The standard InChI is InChI=1S/C16H20Cl2N2O.ClH/c17-13-6-4-11-12(15(13)18)5-7-14(11)20-16(21)10-3-1-2-9(10)8-19;/h4,6,9-10,14H,1-3,5,7-8,19H2,(H,20,21);1H/t9-,10-,14?;/m1./s1. The Morgan fingerprint density at radius 3 is 2.77 bits per heavy atom. The highest BCUT2D eigenvalue weighted by atomic mass is 35.5. The molecule has 1 fully saturated rings. The van der Waals surface area contributed by atoms with Gasteiger partial charge in [0.25, 0.3) is 0 Å². The van der Waals surface area contributed by atoms with Gasteiger partial charge in [0.05, 0.1) is 16.1 Å². The van der Waals surface area contributed by atoms with E-state index in [2.05, 4.69) is 5.32 Å². The fourth-order valence-corrected chi connectivity index (χ4v) is 4.17. The summed E-state index contributed by atoms with van der Waals surface area (Å²) in [6.07, 6.45) is 4.88. The Hall–Kier alpha value is -0.480. The van der Waals surface area contributed by atoms with Crippen LogP contribution in [0.1, 0.15) is 42.9 Å². The smallest absolute Gasteiger partial charge is 0.223 e. The first-order valence-electron chi connectivity index (χ1n) is 7.59. The molecule has 0 aliphatic heterocycles. The molecule has 3 rings (SSSR count). The number of halogens is 3. The molecule has 1 aromatic rings. The normalized spacial score (nSPS) is 26.4. The molecule has 2 aliphatic rings. The molecule has 6 heteroatoms. The predicted octanol–water partition coefficient (Wildman–Crippen LogP) is 3.89. The molecule has 0 spiro atoms. The summed E-state index contributed by atoms with van der Waals surface area (Å²) in [6.45, 7) is 0.598. The van der Waals surface area contributed by atoms with Crippen molar-refractivity contribution in [2.24, 2.45) is 17.6 Å². The van der Waals surface area contributed by atoms with Gasteiger partial charge in [0, 0.05) is 5.92 Å². The molecule has 1 unspecified atom stereocenters. The maximum Gasteiger partial charge on any atom is 0.223 e. The number of nitrogens with one attached hydrogen (secondary N) is 1. The Morgan fingerprint density at radius 2 is 2.05 bits per heavy atom. The largest absolute Gasteiger partial charge is 0.349 e. The van der Waals surface area contributed by atoms with Crippen LogP contribution >= 0.6 is 35.6 Å². The van der Waals surface area contributed by atoms with Crippen LogP contribution in [0.2, 0.25) is 10.0 Å². The van der Waals surface area contributed by atoms with Crippen molar-refractivity contribution < 1.29 is 4.79 Å². The highest BCUT2D eigenvalue weighted by Gasteiger charge is 2.34. The fraction of sp³-hybridized carbons (Fsp3) is 0.562. The Bertz CT molecular complexity index is 565. The molecular weight excluding hydrogens is 343 g/mol. The Balaban J connectivity index is 0.00000176. The van der Waals surface area contributed by atoms with Crippen LogP contribution in [0.5, 0.6) is 0 Å². The molecule has 0 bridgehead atoms. The van der Waals surface area contributed by atoms with Crippen LogP contribution in [0.25, 0.3) is 0 Å². The van der Waals surface area contributed by atoms with E-state index in [4.69, 9.17) is 28.9 Å². The second-order valence-corrected chi connectivity index (χ2v) is 6.85. The van der Waals surface area contributed by atoms with Crippen LogP contribution in [-0.2, 0) is 11.2 Å². The summed E-state index contributed by atoms with van der Waals surface area (Å²) in [5.74, 6) is 0.549. The maximum atomic E-state index is 12.5. The summed E-state index contributed by atoms with van der Waals surface area (Å²) >= 11 is 12.3. The summed E-state index contributed by atoms with van der Waals surface area (Å²) in [7, 11) is 0. The van der Waals surface area contributed by atoms with Crippen molar-refractivity contribution in [2.45, 2.75) is 38.1 Å². The number of nitrogens with two attached hydrogens (primary N) is 1. The van der Waals surface area contributed by atoms with Crippen molar-refractivity contribution in [2.75, 3.05) is 6.54 Å². The zero-order chi connectivity index (χ0) is 15.0. The first kappa shape index (κ1) is 17.9. The van der Waals surface area contributed by atoms with E-state index in [1.807, 2.05) is 12.1 Å². The maximum absolute atomic E-state index is 12.5. The summed E-state index contributed by atoms with van der Waals surface area (Å²) in [4.78, 5) is 12.5. The molecule has 0 aromatic heterocycles. The van der Waals surface area contributed by atoms with Crippen molar-refractivity contribution in [1.29, 1.82) is 0 Å². The number of rotatable bonds is 3. The topological polar surface area (TPSA) is 55.1 Å². The van der Waals surface area contributed by atoms with Gasteiger partial charge in [-0.15, -0.1) is 12.4 Å². The van der Waals surface area contributed by atoms with Crippen LogP contribution < -0.4 is 11.1 Å². The zero-order valence-corrected chi connectivity index (χ0v) is 14.6. The van der Waals surface area contributed by atoms with Crippen LogP contribution in [0.15, 0.2) is 12.1 Å². The lowest BCUT2D eigenvalue weighted by atomic mass is 9.94. The van der Waals surface area contributed by atoms with Crippen molar-refractivity contribution in [3.63, 3.8) is 0 Å². The van der Waals surface area contributed by atoms with E-state index in [9.17, 15) is 4.79 Å². The second-order valence-electron chi connectivity index (χ2n) is 6.06. The summed E-state index contributed by atoms with van der Waals surface area (Å²) < 4.78 is 0. The molecule has 122 valence electrons. The van der Waals surface area contributed by atoms with Gasteiger partial charge in [-0.3, -0.25) is 4.79 Å². The van der Waals surface area contributed by atoms with Crippen LogP contribution in [0, 0.1) is 11.8 Å². The van der Waals surface area contributed by atoms with Crippen LogP contribution in [0.4, 0.5) is 0 Å². The Morgan fingerprint density at radius 1 is 1.27 bits per heavy atom. The number of carbonyl (C=O) groups is 1. The third-order valence-electron chi connectivity index (χ3n) is 4.91. The third kappa shape index (κ3) is 3.23. The first-order chi connectivity index (χ1) is 10.1. The van der Waals surface area contributed by atoms with Gasteiger partial charge in [-0.2, -0.15) is 0 Å². The second kappa shape index (κ2) is 7.39. The van der Waals surface area contributed by atoms with E-state index in [0.29, 0.717) is 22.5 Å². The van der Waals surface area contributed by atoms with E-state index in [1.165, 1.54) is 0 Å². The van der Waals surface area contributed by atoms with Gasteiger partial charge in [-0.05, 0) is 55.3 Å². The summed E-state index contributed by atoms with van der Waals surface area (Å²) in [6, 6.07) is 3.85. The molecule has 3 atom stereocenters. The van der Waals surface area contributed by atoms with E-state index in [-0.39, 0.29) is 30.3 Å². The lowest BCUT2D eigenvalue weighted by molar-refractivity contribution is -0.126. The third-order valence-corrected chi connectivity index (χ3v) is 5.75. The van der Waals surface area contributed by atoms with Crippen molar-refractivity contribution in [1.82, 2.24) is 5.32 Å². The summed E-state index contributed by atoms with van der Waals surface area (Å²) in [5.41, 5.74) is 7.96. The number of benzene rings is 1. The lowest BCUT2D eigenvalue weighted by Crippen LogP contribution is -2.36. The number of hydrogen-bond acceptors (Lipinski definition) is 2. The van der Waals surface area contributed by atoms with Gasteiger partial charge >= 0.3 is 0 Å². The molecule has 2 aliphatic carbocycles. The minimum Gasteiger partial charge on any atom is -0.349 e. The van der Waals surface area contributed by atoms with Gasteiger partial charge in [0.1, 0.15) is 0 Å². The van der Waals surface area contributed by atoms with Gasteiger partial charge in [0.2, 0.25) is 5.91 Å². The number of carbonyl (C=O) groups excluding carboxylic acids is 1. The SMILES string of the molecule is Cl.NC[C@H]1CCC[C@H]1C(=O)NC1CCc2c1ccc(Cl)c2Cl. The van der Waals surface area contributed by atoms with Crippen LogP contribution in [0.3, 0.4) is 0 Å². The molecule has 22 heavy (non-hydrogen) atoms. The fourth-order valence-electron chi connectivity index (χ4n) is 3.73. The minimum absolute atomic E-state index is 0. The van der Waals surface area contributed by atoms with Crippen LogP contribution in [-0.4, -0.2) is 12.5 Å². The molecular formula is C16H21Cl3N2O. The zero-order valence-electron chi connectivity index (χ0n) is 12.3. The van der Waals surface area contributed by atoms with E-state index in [0.717, 1.165) is 43.2 Å². The van der Waals surface area contributed by atoms with Gasteiger partial charge in [0.15, 0.2) is 0 Å². The highest BCUT2D eigenvalue weighted by Crippen LogP contribution is 2.40. The monoisotopic (exact) mass is 362 g/mol. The van der Waals surface area contributed by atoms with E-state index in [1.54, 1.807) is 0 Å². The highest BCUT2D eigenvalue weighted by molar-refractivity contribution is 6.42. The molecule has 0 radical (unpaired) electrons. The average Bonchev–Trinajstić information content (AvgIpc) is 3.10. The number of amides is 1. The van der Waals surface area contributed by atoms with Crippen molar-refractivity contribution in [3.05, 3.63) is 33.3 Å². The first-order valence-corrected chi connectivity index (χ1v) is 8.34. The number of hydrogen-bond donors (Lipinski definition) is 2. The van der Waals surface area contributed by atoms with Gasteiger partial charge in [-0.1, -0.05) is 35.7 Å². The van der Waals surface area contributed by atoms with Gasteiger partial charge in [-0.25, -0.2) is 0 Å². The molecule has 3 N–H and O–H groups in total. The average molecular weight is 364 g/mol. The minimum atomic E-state index is 0. The molecule has 1 saturated carbocycles. The van der Waals surface area contributed by atoms with Gasteiger partial charge < -0.3 is 11.1 Å². The predicted molar refractivity (Wildman–Crippen MR) is 92.8 cm³/mol. The van der Waals surface area contributed by atoms with E-state index >= 15 is 0 Å². The molecule has 1 aromatic carbocycles. The number of fused-ring (bicyclic) bond motifs is 1. The lowest BCUT2D eigenvalue weighted by Gasteiger charge is -2.21. The molecule has 0 saturated heterocycles. The molecule has 1 amide bonds. The van der Waals surface area contributed by atoms with E-state index < -0.39 is 0 Å². The quantitative estimate of drug-likeness (QED) is 0.856. The molecule has 3 nitrogen and oxygen atoms in total. The summed E-state index contributed by atoms with van der Waals surface area (Å²) in [5, 5.41) is 4.41. The van der Waals surface area contributed by atoms with Crippen molar-refractivity contribution in [3.8, 4) is 0 Å². The van der Waals surface area contributed by atoms with Crippen molar-refractivity contribution >= 4 is 41.5 Å². The Labute approximate surface area is 147 Å².